The first-order chi connectivity index (χ1) is 7.40. The van der Waals surface area contributed by atoms with Gasteiger partial charge in [-0.3, -0.25) is 4.79 Å². The van der Waals surface area contributed by atoms with Gasteiger partial charge in [-0.2, -0.15) is 0 Å². The molecule has 17 heavy (non-hydrogen) atoms. The minimum atomic E-state index is -0.877. The molecule has 1 saturated carbocycles. The summed E-state index contributed by atoms with van der Waals surface area (Å²) in [5, 5.41) is 0. The van der Waals surface area contributed by atoms with Crippen molar-refractivity contribution in [3.63, 3.8) is 0 Å². The van der Waals surface area contributed by atoms with Gasteiger partial charge in [-0.1, -0.05) is 19.8 Å². The molecule has 0 aromatic carbocycles. The number of carbonyl (C=O) groups excluding carboxylic acids is 1. The van der Waals surface area contributed by atoms with Gasteiger partial charge in [0.1, 0.15) is 11.1 Å². The second-order valence-corrected chi connectivity index (χ2v) is 5.60. The highest BCUT2D eigenvalue weighted by atomic mass is 35.5. The quantitative estimate of drug-likeness (QED) is 0.793. The molecule has 0 aromatic heterocycles. The number of nitrogens with two attached hydrogens (primary N) is 1. The fraction of sp³-hybridized carbons (Fsp3) is 0.923. The van der Waals surface area contributed by atoms with E-state index in [2.05, 4.69) is 6.92 Å². The molecule has 0 atom stereocenters. The highest BCUT2D eigenvalue weighted by Gasteiger charge is 2.38. The van der Waals surface area contributed by atoms with E-state index < -0.39 is 5.54 Å². The molecule has 4 heteroatoms. The number of esters is 1. The molecule has 102 valence electrons. The predicted molar refractivity (Wildman–Crippen MR) is 72.3 cm³/mol. The van der Waals surface area contributed by atoms with Crippen molar-refractivity contribution < 1.29 is 9.53 Å². The number of hydrogen-bond donors (Lipinski definition) is 1. The van der Waals surface area contributed by atoms with Crippen LogP contribution in [0.3, 0.4) is 0 Å². The number of rotatable bonds is 4. The van der Waals surface area contributed by atoms with Gasteiger partial charge in [0.25, 0.3) is 0 Å². The molecule has 1 rings (SSSR count). The van der Waals surface area contributed by atoms with Gasteiger partial charge < -0.3 is 10.5 Å². The van der Waals surface area contributed by atoms with Crippen LogP contribution >= 0.6 is 12.4 Å². The monoisotopic (exact) mass is 263 g/mol. The molecule has 3 nitrogen and oxygen atoms in total. The molecule has 0 spiro atoms. The highest BCUT2D eigenvalue weighted by molar-refractivity contribution is 5.85. The summed E-state index contributed by atoms with van der Waals surface area (Å²) in [6.07, 6.45) is 7.62. The van der Waals surface area contributed by atoms with Gasteiger partial charge >= 0.3 is 5.97 Å². The van der Waals surface area contributed by atoms with Crippen molar-refractivity contribution in [1.29, 1.82) is 0 Å². The molecule has 0 heterocycles. The molecule has 1 aliphatic rings. The van der Waals surface area contributed by atoms with Crippen molar-refractivity contribution in [2.24, 2.45) is 5.73 Å². The Hall–Kier alpha value is -0.280. The number of hydrogen-bond acceptors (Lipinski definition) is 3. The Morgan fingerprint density at radius 2 is 1.82 bits per heavy atom. The molecule has 2 N–H and O–H groups in total. The molecule has 1 fully saturated rings. The van der Waals surface area contributed by atoms with Gasteiger partial charge in [-0.15, -0.1) is 12.4 Å². The SMILES string of the molecule is CCCC1(OC(=O)C(C)(C)N)CCCCC1.Cl. The highest BCUT2D eigenvalue weighted by Crippen LogP contribution is 2.36. The van der Waals surface area contributed by atoms with E-state index in [4.69, 9.17) is 10.5 Å². The van der Waals surface area contributed by atoms with Crippen molar-refractivity contribution in [3.8, 4) is 0 Å². The standard InChI is InChI=1S/C13H25NO2.ClH/c1-4-8-13(9-6-5-7-10-13)16-11(15)12(2,3)14;/h4-10,14H2,1-3H3;1H. The maximum atomic E-state index is 11.9. The summed E-state index contributed by atoms with van der Waals surface area (Å²) >= 11 is 0. The van der Waals surface area contributed by atoms with Gasteiger partial charge in [-0.05, 0) is 46.0 Å². The van der Waals surface area contributed by atoms with Crippen LogP contribution in [0.5, 0.6) is 0 Å². The van der Waals surface area contributed by atoms with Crippen molar-refractivity contribution >= 4 is 18.4 Å². The molecule has 0 unspecified atom stereocenters. The first kappa shape index (κ1) is 16.7. The average Bonchev–Trinajstić information content (AvgIpc) is 2.17. The van der Waals surface area contributed by atoms with Crippen molar-refractivity contribution in [1.82, 2.24) is 0 Å². The van der Waals surface area contributed by atoms with E-state index in [1.54, 1.807) is 13.8 Å². The molecule has 0 aliphatic heterocycles. The van der Waals surface area contributed by atoms with E-state index in [1.807, 2.05) is 0 Å². The first-order valence-corrected chi connectivity index (χ1v) is 6.42. The molecular formula is C13H26ClNO2. The van der Waals surface area contributed by atoms with Crippen LogP contribution in [0.15, 0.2) is 0 Å². The van der Waals surface area contributed by atoms with E-state index in [9.17, 15) is 4.79 Å². The first-order valence-electron chi connectivity index (χ1n) is 6.42. The molecule has 0 radical (unpaired) electrons. The third kappa shape index (κ3) is 4.84. The number of halogens is 1. The Morgan fingerprint density at radius 1 is 1.29 bits per heavy atom. The predicted octanol–water partition coefficient (Wildman–Crippen LogP) is 3.19. The van der Waals surface area contributed by atoms with E-state index in [0.29, 0.717) is 0 Å². The zero-order valence-electron chi connectivity index (χ0n) is 11.3. The van der Waals surface area contributed by atoms with Crippen LogP contribution in [0.4, 0.5) is 0 Å². The average molecular weight is 264 g/mol. The topological polar surface area (TPSA) is 52.3 Å². The van der Waals surface area contributed by atoms with Crippen LogP contribution in [0.25, 0.3) is 0 Å². The third-order valence-corrected chi connectivity index (χ3v) is 3.31. The Bertz CT molecular complexity index is 237. The largest absolute Gasteiger partial charge is 0.458 e. The van der Waals surface area contributed by atoms with Gasteiger partial charge in [0, 0.05) is 0 Å². The summed E-state index contributed by atoms with van der Waals surface area (Å²) in [5.74, 6) is -0.261. The zero-order valence-corrected chi connectivity index (χ0v) is 12.1. The Labute approximate surface area is 111 Å². The van der Waals surface area contributed by atoms with Crippen LogP contribution in [0.1, 0.15) is 65.7 Å². The van der Waals surface area contributed by atoms with Crippen molar-refractivity contribution in [2.45, 2.75) is 76.9 Å². The maximum absolute atomic E-state index is 11.9. The van der Waals surface area contributed by atoms with E-state index >= 15 is 0 Å². The molecule has 1 aliphatic carbocycles. The lowest BCUT2D eigenvalue weighted by molar-refractivity contribution is -0.169. The normalized spacial score (nSPS) is 19.3. The summed E-state index contributed by atoms with van der Waals surface area (Å²) < 4.78 is 5.72. The second-order valence-electron chi connectivity index (χ2n) is 5.60. The Morgan fingerprint density at radius 3 is 2.24 bits per heavy atom. The van der Waals surface area contributed by atoms with Crippen molar-refractivity contribution in [2.75, 3.05) is 0 Å². The summed E-state index contributed by atoms with van der Waals surface area (Å²) in [4.78, 5) is 11.9. The van der Waals surface area contributed by atoms with Gasteiger partial charge in [-0.25, -0.2) is 0 Å². The zero-order chi connectivity index (χ0) is 12.2. The number of ether oxygens (including phenoxy) is 1. The molecule has 0 bridgehead atoms. The molecule has 0 aromatic rings. The van der Waals surface area contributed by atoms with Crippen LogP contribution in [-0.2, 0) is 9.53 Å². The van der Waals surface area contributed by atoms with Gasteiger partial charge in [0.15, 0.2) is 0 Å². The maximum Gasteiger partial charge on any atom is 0.326 e. The van der Waals surface area contributed by atoms with Crippen LogP contribution in [0, 0.1) is 0 Å². The molecule has 0 amide bonds. The summed E-state index contributed by atoms with van der Waals surface area (Å²) in [7, 11) is 0. The fourth-order valence-electron chi connectivity index (χ4n) is 2.38. The summed E-state index contributed by atoms with van der Waals surface area (Å²) in [6, 6.07) is 0. The second kappa shape index (κ2) is 6.60. The minimum absolute atomic E-state index is 0. The molecule has 0 saturated heterocycles. The van der Waals surface area contributed by atoms with Crippen LogP contribution in [-0.4, -0.2) is 17.1 Å². The van der Waals surface area contributed by atoms with Crippen LogP contribution in [0.2, 0.25) is 0 Å². The van der Waals surface area contributed by atoms with Crippen LogP contribution < -0.4 is 5.73 Å². The summed E-state index contributed by atoms with van der Waals surface area (Å²) in [5.41, 5.74) is 4.68. The van der Waals surface area contributed by atoms with E-state index in [-0.39, 0.29) is 24.0 Å². The smallest absolute Gasteiger partial charge is 0.326 e. The van der Waals surface area contributed by atoms with Gasteiger partial charge in [0.2, 0.25) is 0 Å². The van der Waals surface area contributed by atoms with E-state index in [1.165, 1.54) is 6.42 Å². The summed E-state index contributed by atoms with van der Waals surface area (Å²) in [6.45, 7) is 5.55. The Kier molecular flexibility index (Phi) is 6.49. The lowest BCUT2D eigenvalue weighted by Gasteiger charge is -2.38. The lowest BCUT2D eigenvalue weighted by Crippen LogP contribution is -2.48. The van der Waals surface area contributed by atoms with Gasteiger partial charge in [0.05, 0.1) is 0 Å². The Balaban J connectivity index is 0.00000256. The minimum Gasteiger partial charge on any atom is -0.458 e. The third-order valence-electron chi connectivity index (χ3n) is 3.31. The lowest BCUT2D eigenvalue weighted by atomic mass is 9.81. The number of carbonyl (C=O) groups is 1. The van der Waals surface area contributed by atoms with Crippen molar-refractivity contribution in [3.05, 3.63) is 0 Å². The molecular weight excluding hydrogens is 238 g/mol. The van der Waals surface area contributed by atoms with E-state index in [0.717, 1.165) is 38.5 Å². The fourth-order valence-corrected chi connectivity index (χ4v) is 2.38.